The summed E-state index contributed by atoms with van der Waals surface area (Å²) in [5.74, 6) is -12.5. The van der Waals surface area contributed by atoms with E-state index in [9.17, 15) is 39.2 Å². The highest BCUT2D eigenvalue weighted by molar-refractivity contribution is 7.87. The molecule has 0 aromatic carbocycles. The Kier molecular flexibility index (Phi) is 6.49. The van der Waals surface area contributed by atoms with E-state index in [2.05, 4.69) is 0 Å². The average Bonchev–Trinajstić information content (AvgIpc) is 2.32. The van der Waals surface area contributed by atoms with Crippen LogP contribution in [0.15, 0.2) is 0 Å². The highest BCUT2D eigenvalue weighted by Gasteiger charge is 2.79. The molecule has 0 rings (SSSR count). The van der Waals surface area contributed by atoms with Crippen LogP contribution in [0.5, 0.6) is 0 Å². The molecular weight excluding hydrogens is 333 g/mol. The van der Waals surface area contributed by atoms with Crippen LogP contribution in [-0.2, 0) is 10.1 Å². The normalized spacial score (nSPS) is 16.0. The quantitative estimate of drug-likeness (QED) is 0.389. The molecule has 0 aromatic heterocycles. The maximum Gasteiger partial charge on any atom is 0.438 e. The third kappa shape index (κ3) is 3.99. The summed E-state index contributed by atoms with van der Waals surface area (Å²) in [6, 6.07) is 0. The van der Waals surface area contributed by atoms with E-state index < -0.39 is 39.8 Å². The fourth-order valence-electron chi connectivity index (χ4n) is 1.48. The van der Waals surface area contributed by atoms with Crippen LogP contribution in [0.4, 0.5) is 30.7 Å². The molecule has 0 saturated carbocycles. The van der Waals surface area contributed by atoms with Crippen molar-refractivity contribution in [1.82, 2.24) is 0 Å². The Hall–Kier alpha value is -0.580. The summed E-state index contributed by atoms with van der Waals surface area (Å²) in [7, 11) is -6.84. The SMILES string of the molecule is CCCCCCC(F)C(F)(F)C(F)(F)C(F)(F)S(=O)(=O)O. The first-order valence-electron chi connectivity index (χ1n) is 5.98. The predicted octanol–water partition coefficient (Wildman–Crippen LogP) is 4.05. The lowest BCUT2D eigenvalue weighted by atomic mass is 10.0. The largest absolute Gasteiger partial charge is 0.438 e. The Bertz CT molecular complexity index is 436. The summed E-state index contributed by atoms with van der Waals surface area (Å²) in [5.41, 5.74) is 0. The summed E-state index contributed by atoms with van der Waals surface area (Å²) in [5, 5.41) is -6.50. The first-order chi connectivity index (χ1) is 9.23. The summed E-state index contributed by atoms with van der Waals surface area (Å²) >= 11 is 0. The Morgan fingerprint density at radius 1 is 1.00 bits per heavy atom. The van der Waals surface area contributed by atoms with Crippen LogP contribution in [0.2, 0.25) is 0 Å². The van der Waals surface area contributed by atoms with Crippen molar-refractivity contribution in [2.45, 2.75) is 62.3 Å². The van der Waals surface area contributed by atoms with Crippen molar-refractivity contribution in [3.63, 3.8) is 0 Å². The van der Waals surface area contributed by atoms with Gasteiger partial charge in [0, 0.05) is 0 Å². The van der Waals surface area contributed by atoms with Crippen molar-refractivity contribution in [1.29, 1.82) is 0 Å². The fourth-order valence-corrected chi connectivity index (χ4v) is 1.94. The molecule has 0 bridgehead atoms. The van der Waals surface area contributed by atoms with Crippen LogP contribution in [0.25, 0.3) is 0 Å². The molecule has 128 valence electrons. The summed E-state index contributed by atoms with van der Waals surface area (Å²) in [6.45, 7) is 1.74. The van der Waals surface area contributed by atoms with Crippen molar-refractivity contribution >= 4 is 10.1 Å². The van der Waals surface area contributed by atoms with Gasteiger partial charge in [0.25, 0.3) is 0 Å². The van der Waals surface area contributed by atoms with Crippen molar-refractivity contribution in [2.75, 3.05) is 0 Å². The van der Waals surface area contributed by atoms with Crippen LogP contribution in [-0.4, -0.2) is 36.2 Å². The second-order valence-electron chi connectivity index (χ2n) is 4.51. The fraction of sp³-hybridized carbons (Fsp3) is 1.00. The van der Waals surface area contributed by atoms with Gasteiger partial charge < -0.3 is 0 Å². The summed E-state index contributed by atoms with van der Waals surface area (Å²) in [4.78, 5) is 0. The van der Waals surface area contributed by atoms with Gasteiger partial charge in [0.05, 0.1) is 0 Å². The van der Waals surface area contributed by atoms with Gasteiger partial charge in [0.15, 0.2) is 6.17 Å². The third-order valence-corrected chi connectivity index (χ3v) is 3.72. The van der Waals surface area contributed by atoms with Gasteiger partial charge in [-0.3, -0.25) is 4.55 Å². The maximum atomic E-state index is 13.2. The zero-order valence-corrected chi connectivity index (χ0v) is 11.7. The molecule has 0 heterocycles. The second kappa shape index (κ2) is 6.67. The van der Waals surface area contributed by atoms with Crippen molar-refractivity contribution in [2.24, 2.45) is 0 Å². The number of alkyl halides is 7. The van der Waals surface area contributed by atoms with E-state index in [0.717, 1.165) is 0 Å². The first-order valence-corrected chi connectivity index (χ1v) is 7.42. The number of hydrogen-bond acceptors (Lipinski definition) is 2. The van der Waals surface area contributed by atoms with Gasteiger partial charge >= 0.3 is 27.2 Å². The number of rotatable bonds is 9. The van der Waals surface area contributed by atoms with E-state index in [4.69, 9.17) is 4.55 Å². The average molecular weight is 348 g/mol. The first kappa shape index (κ1) is 20.4. The van der Waals surface area contributed by atoms with Gasteiger partial charge in [0.1, 0.15) is 0 Å². The van der Waals surface area contributed by atoms with Crippen molar-refractivity contribution < 1.29 is 43.7 Å². The minimum Gasteiger partial charge on any atom is -0.281 e. The molecular formula is C10H15F7O3S. The molecule has 1 unspecified atom stereocenters. The van der Waals surface area contributed by atoms with E-state index in [1.54, 1.807) is 6.92 Å². The zero-order valence-electron chi connectivity index (χ0n) is 10.9. The third-order valence-electron chi connectivity index (χ3n) is 2.81. The second-order valence-corrected chi connectivity index (χ2v) is 5.97. The van der Waals surface area contributed by atoms with Gasteiger partial charge in [-0.15, -0.1) is 0 Å². The predicted molar refractivity (Wildman–Crippen MR) is 60.0 cm³/mol. The Balaban J connectivity index is 5.19. The molecule has 0 aliphatic heterocycles. The molecule has 0 fully saturated rings. The number of halogens is 7. The minimum absolute atomic E-state index is 0.229. The lowest BCUT2D eigenvalue weighted by molar-refractivity contribution is -0.300. The molecule has 0 amide bonds. The van der Waals surface area contributed by atoms with Gasteiger partial charge in [-0.1, -0.05) is 32.6 Å². The van der Waals surface area contributed by atoms with E-state index in [-0.39, 0.29) is 12.8 Å². The highest BCUT2D eigenvalue weighted by Crippen LogP contribution is 2.50. The number of hydrogen-bond donors (Lipinski definition) is 1. The molecule has 0 saturated heterocycles. The molecule has 0 aliphatic rings. The lowest BCUT2D eigenvalue weighted by Gasteiger charge is -2.32. The smallest absolute Gasteiger partial charge is 0.281 e. The van der Waals surface area contributed by atoms with Gasteiger partial charge in [0.2, 0.25) is 0 Å². The van der Waals surface area contributed by atoms with E-state index in [1.165, 1.54) is 0 Å². The van der Waals surface area contributed by atoms with Crippen LogP contribution in [0.1, 0.15) is 39.0 Å². The van der Waals surface area contributed by atoms with Crippen molar-refractivity contribution in [3.05, 3.63) is 0 Å². The van der Waals surface area contributed by atoms with Gasteiger partial charge in [-0.2, -0.15) is 34.8 Å². The lowest BCUT2D eigenvalue weighted by Crippen LogP contribution is -2.61. The molecule has 0 radical (unpaired) electrons. The van der Waals surface area contributed by atoms with E-state index in [1.807, 2.05) is 0 Å². The summed E-state index contributed by atoms with van der Waals surface area (Å²) < 4.78 is 119. The van der Waals surface area contributed by atoms with Crippen LogP contribution >= 0.6 is 0 Å². The van der Waals surface area contributed by atoms with Crippen LogP contribution in [0, 0.1) is 0 Å². The Labute approximate surface area is 117 Å². The molecule has 11 heteroatoms. The highest BCUT2D eigenvalue weighted by atomic mass is 32.2. The Morgan fingerprint density at radius 3 is 1.86 bits per heavy atom. The van der Waals surface area contributed by atoms with E-state index >= 15 is 0 Å². The van der Waals surface area contributed by atoms with Gasteiger partial charge in [-0.25, -0.2) is 4.39 Å². The van der Waals surface area contributed by atoms with Crippen LogP contribution in [0.3, 0.4) is 0 Å². The zero-order chi connectivity index (χ0) is 17.1. The maximum absolute atomic E-state index is 13.2. The van der Waals surface area contributed by atoms with Crippen molar-refractivity contribution in [3.8, 4) is 0 Å². The molecule has 0 aliphatic carbocycles. The monoisotopic (exact) mass is 348 g/mol. The number of unbranched alkanes of at least 4 members (excludes halogenated alkanes) is 3. The standard InChI is InChI=1S/C10H15F7O3S/c1-2-3-4-5-6-7(11)8(12,13)9(14,15)10(16,17)21(18,19)20/h7H,2-6H2,1H3,(H,18,19,20). The molecule has 21 heavy (non-hydrogen) atoms. The van der Waals surface area contributed by atoms with Crippen LogP contribution < -0.4 is 0 Å². The summed E-state index contributed by atoms with van der Waals surface area (Å²) in [6.07, 6.45) is -3.67. The molecule has 1 N–H and O–H groups in total. The topological polar surface area (TPSA) is 54.4 Å². The molecule has 0 spiro atoms. The minimum atomic E-state index is -6.84. The molecule has 3 nitrogen and oxygen atoms in total. The van der Waals surface area contributed by atoms with E-state index in [0.29, 0.717) is 12.8 Å². The molecule has 1 atom stereocenters. The Morgan fingerprint density at radius 2 is 1.48 bits per heavy atom. The van der Waals surface area contributed by atoms with Gasteiger partial charge in [-0.05, 0) is 6.42 Å². The molecule has 0 aromatic rings.